The third-order valence-electron chi connectivity index (χ3n) is 4.10. The molecule has 0 spiro atoms. The van der Waals surface area contributed by atoms with E-state index in [-0.39, 0.29) is 43.4 Å². The Labute approximate surface area is 178 Å². The summed E-state index contributed by atoms with van der Waals surface area (Å²) >= 11 is 0. The van der Waals surface area contributed by atoms with Crippen molar-refractivity contribution in [2.75, 3.05) is 6.54 Å². The van der Waals surface area contributed by atoms with Gasteiger partial charge < -0.3 is 11.8 Å². The van der Waals surface area contributed by atoms with Gasteiger partial charge in [0.25, 0.3) is 0 Å². The standard InChI is InChI=1S/C20H37NO3.Na.H/c1-2-3-4-5-6-7-8-9-10-11-12-13-14-15-16-17-19(22)21-18-20(23)24;;/h9-10H,2-8,11-18H2,1H3,(H,21,22)(H,23,24);;/q;+1;-1. The molecule has 0 aliphatic rings. The minimum absolute atomic E-state index is 0. The first-order valence-electron chi connectivity index (χ1n) is 9.80. The Kier molecular flexibility index (Phi) is 23.4. The van der Waals surface area contributed by atoms with E-state index in [9.17, 15) is 9.59 Å². The number of hydrogen-bond donors (Lipinski definition) is 2. The smallest absolute Gasteiger partial charge is 1.00 e. The number of carboxylic acid groups (broad SMARTS) is 1. The molecule has 0 aliphatic carbocycles. The fourth-order valence-electron chi connectivity index (χ4n) is 2.62. The fraction of sp³-hybridized carbons (Fsp3) is 0.800. The maximum Gasteiger partial charge on any atom is 1.00 e. The average Bonchev–Trinajstić information content (AvgIpc) is 2.56. The van der Waals surface area contributed by atoms with Gasteiger partial charge in [0.15, 0.2) is 0 Å². The monoisotopic (exact) mass is 363 g/mol. The zero-order valence-corrected chi connectivity index (χ0v) is 18.5. The third-order valence-corrected chi connectivity index (χ3v) is 4.10. The van der Waals surface area contributed by atoms with Gasteiger partial charge in [0.1, 0.15) is 6.54 Å². The summed E-state index contributed by atoms with van der Waals surface area (Å²) in [6, 6.07) is 0. The minimum atomic E-state index is -0.993. The second kappa shape index (κ2) is 21.7. The fourth-order valence-corrected chi connectivity index (χ4v) is 2.62. The van der Waals surface area contributed by atoms with Crippen LogP contribution in [-0.4, -0.2) is 23.5 Å². The van der Waals surface area contributed by atoms with Crippen molar-refractivity contribution in [1.29, 1.82) is 0 Å². The molecule has 1 amide bonds. The summed E-state index contributed by atoms with van der Waals surface area (Å²) in [5.74, 6) is -1.15. The third kappa shape index (κ3) is 23.7. The van der Waals surface area contributed by atoms with Gasteiger partial charge in [0.05, 0.1) is 0 Å². The van der Waals surface area contributed by atoms with E-state index < -0.39 is 5.97 Å². The van der Waals surface area contributed by atoms with Crippen LogP contribution < -0.4 is 34.9 Å². The minimum Gasteiger partial charge on any atom is -1.00 e. The number of unbranched alkanes of at least 4 members (excludes halogenated alkanes) is 11. The van der Waals surface area contributed by atoms with Crippen molar-refractivity contribution in [1.82, 2.24) is 5.32 Å². The van der Waals surface area contributed by atoms with Crippen LogP contribution in [0.2, 0.25) is 0 Å². The van der Waals surface area contributed by atoms with E-state index in [4.69, 9.17) is 5.11 Å². The molecule has 2 N–H and O–H groups in total. The number of carbonyl (C=O) groups is 2. The summed E-state index contributed by atoms with van der Waals surface area (Å²) < 4.78 is 0. The number of amides is 1. The maximum atomic E-state index is 11.3. The van der Waals surface area contributed by atoms with Crippen molar-refractivity contribution in [3.05, 3.63) is 12.2 Å². The largest absolute Gasteiger partial charge is 1.00 e. The summed E-state index contributed by atoms with van der Waals surface area (Å²) in [6.07, 6.45) is 21.1. The molecule has 0 aromatic carbocycles. The quantitative estimate of drug-likeness (QED) is 0.237. The molecule has 142 valence electrons. The molecule has 25 heavy (non-hydrogen) atoms. The van der Waals surface area contributed by atoms with Gasteiger partial charge in [-0.15, -0.1) is 0 Å². The number of nitrogens with one attached hydrogen (secondary N) is 1. The summed E-state index contributed by atoms with van der Waals surface area (Å²) in [4.78, 5) is 21.6. The van der Waals surface area contributed by atoms with Crippen molar-refractivity contribution in [2.45, 2.75) is 96.8 Å². The van der Waals surface area contributed by atoms with Crippen molar-refractivity contribution < 1.29 is 45.7 Å². The molecule has 0 bridgehead atoms. The van der Waals surface area contributed by atoms with Gasteiger partial charge in [-0.25, -0.2) is 0 Å². The molecule has 0 aromatic rings. The normalized spacial score (nSPS) is 10.6. The summed E-state index contributed by atoms with van der Waals surface area (Å²) in [6.45, 7) is 1.98. The van der Waals surface area contributed by atoms with Gasteiger partial charge in [-0.3, -0.25) is 9.59 Å². The zero-order valence-electron chi connectivity index (χ0n) is 17.5. The SMILES string of the molecule is CCCCCCCCC=CCCCCCCCC(=O)NCC(=O)O.[H-].[Na+]. The summed E-state index contributed by atoms with van der Waals surface area (Å²) in [5, 5.41) is 10.8. The molecule has 0 fully saturated rings. The zero-order chi connectivity index (χ0) is 17.9. The Morgan fingerprint density at radius 1 is 0.840 bits per heavy atom. The molecule has 0 radical (unpaired) electrons. The van der Waals surface area contributed by atoms with Gasteiger partial charge in [-0.2, -0.15) is 0 Å². The first-order chi connectivity index (χ1) is 11.7. The molecule has 0 rings (SSSR count). The molecule has 5 heteroatoms. The average molecular weight is 364 g/mol. The van der Waals surface area contributed by atoms with Gasteiger partial charge in [0, 0.05) is 6.42 Å². The van der Waals surface area contributed by atoms with Gasteiger partial charge in [0.2, 0.25) is 5.91 Å². The van der Waals surface area contributed by atoms with Crippen LogP contribution in [0.5, 0.6) is 0 Å². The van der Waals surface area contributed by atoms with Crippen molar-refractivity contribution in [3.8, 4) is 0 Å². The predicted molar refractivity (Wildman–Crippen MR) is 101 cm³/mol. The molecule has 4 nitrogen and oxygen atoms in total. The summed E-state index contributed by atoms with van der Waals surface area (Å²) in [7, 11) is 0. The predicted octanol–water partition coefficient (Wildman–Crippen LogP) is 2.34. The van der Waals surface area contributed by atoms with E-state index in [0.717, 1.165) is 25.7 Å². The van der Waals surface area contributed by atoms with E-state index in [0.29, 0.717) is 6.42 Å². The number of carboxylic acids is 1. The number of hydrogen-bond acceptors (Lipinski definition) is 2. The van der Waals surface area contributed by atoms with Crippen LogP contribution in [0.15, 0.2) is 12.2 Å². The van der Waals surface area contributed by atoms with Crippen LogP contribution in [0.1, 0.15) is 98.2 Å². The molecule has 0 saturated carbocycles. The number of aliphatic carboxylic acids is 1. The Morgan fingerprint density at radius 3 is 1.84 bits per heavy atom. The first kappa shape index (κ1) is 26.9. The van der Waals surface area contributed by atoms with Crippen molar-refractivity contribution in [2.24, 2.45) is 0 Å². The van der Waals surface area contributed by atoms with Crippen molar-refractivity contribution >= 4 is 11.9 Å². The van der Waals surface area contributed by atoms with E-state index in [1.807, 2.05) is 0 Å². The molecular formula is C20H38NNaO3. The van der Waals surface area contributed by atoms with E-state index in [1.54, 1.807) is 0 Å². The van der Waals surface area contributed by atoms with Crippen molar-refractivity contribution in [3.63, 3.8) is 0 Å². The Balaban J connectivity index is -0.00000264. The molecule has 0 heterocycles. The summed E-state index contributed by atoms with van der Waals surface area (Å²) in [5.41, 5.74) is 0. The van der Waals surface area contributed by atoms with Gasteiger partial charge in [-0.05, 0) is 32.1 Å². The van der Waals surface area contributed by atoms with Crippen LogP contribution >= 0.6 is 0 Å². The van der Waals surface area contributed by atoms with Crippen LogP contribution in [0.4, 0.5) is 0 Å². The van der Waals surface area contributed by atoms with E-state index >= 15 is 0 Å². The Hall–Kier alpha value is -0.320. The Morgan fingerprint density at radius 2 is 1.32 bits per heavy atom. The second-order valence-electron chi connectivity index (χ2n) is 6.50. The molecule has 0 unspecified atom stereocenters. The molecular weight excluding hydrogens is 325 g/mol. The van der Waals surface area contributed by atoms with E-state index in [2.05, 4.69) is 24.4 Å². The number of rotatable bonds is 17. The van der Waals surface area contributed by atoms with Crippen LogP contribution in [0, 0.1) is 0 Å². The second-order valence-corrected chi connectivity index (χ2v) is 6.50. The Bertz CT molecular complexity index is 352. The number of carbonyl (C=O) groups excluding carboxylic acids is 1. The topological polar surface area (TPSA) is 66.4 Å². The van der Waals surface area contributed by atoms with Crippen LogP contribution in [-0.2, 0) is 9.59 Å². The van der Waals surface area contributed by atoms with Gasteiger partial charge >= 0.3 is 35.5 Å². The van der Waals surface area contributed by atoms with Gasteiger partial charge in [-0.1, -0.05) is 70.4 Å². The molecule has 0 atom stereocenters. The molecule has 0 saturated heterocycles. The van der Waals surface area contributed by atoms with Crippen LogP contribution in [0.3, 0.4) is 0 Å². The van der Waals surface area contributed by atoms with Crippen LogP contribution in [0.25, 0.3) is 0 Å². The number of allylic oxidation sites excluding steroid dienone is 2. The van der Waals surface area contributed by atoms with E-state index in [1.165, 1.54) is 57.8 Å². The molecule has 0 aromatic heterocycles. The molecule has 0 aliphatic heterocycles. The first-order valence-corrected chi connectivity index (χ1v) is 9.80. The maximum absolute atomic E-state index is 11.3.